The van der Waals surface area contributed by atoms with Crippen molar-refractivity contribution in [1.29, 1.82) is 0 Å². The normalized spacial score (nSPS) is 10.9. The molecule has 4 N–H and O–H groups in total. The third kappa shape index (κ3) is 3.21. The molecule has 0 amide bonds. The van der Waals surface area contributed by atoms with Gasteiger partial charge in [-0.05, 0) is 32.9 Å². The van der Waals surface area contributed by atoms with Crippen LogP contribution >= 0.6 is 0 Å². The quantitative estimate of drug-likeness (QED) is 0.429. The molecule has 0 aliphatic rings. The van der Waals surface area contributed by atoms with Crippen LogP contribution in [0, 0.1) is 0 Å². The Bertz CT molecular complexity index is 477. The van der Waals surface area contributed by atoms with Crippen LogP contribution in [0.1, 0.15) is 41.5 Å². The van der Waals surface area contributed by atoms with E-state index in [0.29, 0.717) is 0 Å². The number of nitrogens with one attached hydrogen (secondary N) is 1. The van der Waals surface area contributed by atoms with Crippen molar-refractivity contribution in [3.63, 3.8) is 0 Å². The molecule has 0 bridgehead atoms. The van der Waals surface area contributed by atoms with E-state index in [-0.39, 0.29) is 16.8 Å². The number of carbonyl (C=O) groups is 2. The minimum absolute atomic E-state index is 0.0811. The molecule has 0 saturated carbocycles. The summed E-state index contributed by atoms with van der Waals surface area (Å²) in [4.78, 5) is 23.1. The van der Waals surface area contributed by atoms with E-state index in [2.05, 4.69) is 5.43 Å². The molecule has 0 unspecified atom stereocenters. The number of hydrazine groups is 1. The summed E-state index contributed by atoms with van der Waals surface area (Å²) in [6, 6.07) is 4.32. The van der Waals surface area contributed by atoms with Crippen LogP contribution in [0.25, 0.3) is 0 Å². The fourth-order valence-electron chi connectivity index (χ4n) is 1.40. The molecule has 1 rings (SSSR count). The van der Waals surface area contributed by atoms with Gasteiger partial charge in [0.25, 0.3) is 0 Å². The summed E-state index contributed by atoms with van der Waals surface area (Å²) in [6.45, 7) is 5.09. The number of anilines is 1. The van der Waals surface area contributed by atoms with Gasteiger partial charge in [-0.2, -0.15) is 0 Å². The van der Waals surface area contributed by atoms with Crippen LogP contribution in [0.15, 0.2) is 18.2 Å². The molecule has 18 heavy (non-hydrogen) atoms. The van der Waals surface area contributed by atoms with Gasteiger partial charge in [0.15, 0.2) is 0 Å². The highest BCUT2D eigenvalue weighted by Gasteiger charge is 2.25. The second-order valence-electron chi connectivity index (χ2n) is 4.68. The summed E-state index contributed by atoms with van der Waals surface area (Å²) < 4.78 is 5.16. The fourth-order valence-corrected chi connectivity index (χ4v) is 1.40. The number of nitrogen functional groups attached to an aromatic ring is 1. The standard InChI is InChI=1S/C12H16N2O4/c1-12(2,3)18-11(17)9-7(10(15)16)5-4-6-8(9)14-13/h4-6,14H,13H2,1-3H3,(H,15,16). The molecule has 0 heterocycles. The first kappa shape index (κ1) is 14.0. The third-order valence-corrected chi connectivity index (χ3v) is 2.05. The van der Waals surface area contributed by atoms with E-state index in [1.165, 1.54) is 18.2 Å². The number of carboxylic acid groups (broad SMARTS) is 1. The molecule has 0 atom stereocenters. The highest BCUT2D eigenvalue weighted by molar-refractivity contribution is 6.06. The minimum Gasteiger partial charge on any atom is -0.478 e. The second-order valence-corrected chi connectivity index (χ2v) is 4.68. The fraction of sp³-hybridized carbons (Fsp3) is 0.333. The van der Waals surface area contributed by atoms with Gasteiger partial charge in [-0.25, -0.2) is 9.59 Å². The van der Waals surface area contributed by atoms with Crippen molar-refractivity contribution in [2.75, 3.05) is 5.43 Å². The molecule has 0 saturated heterocycles. The average Bonchev–Trinajstić information content (AvgIpc) is 2.25. The van der Waals surface area contributed by atoms with E-state index >= 15 is 0 Å². The predicted octanol–water partition coefficient (Wildman–Crippen LogP) is 1.63. The Morgan fingerprint density at radius 2 is 1.94 bits per heavy atom. The largest absolute Gasteiger partial charge is 0.478 e. The Labute approximate surface area is 105 Å². The number of nitrogens with two attached hydrogens (primary N) is 1. The van der Waals surface area contributed by atoms with Crippen LogP contribution in [-0.4, -0.2) is 22.6 Å². The van der Waals surface area contributed by atoms with Crippen LogP contribution in [0.5, 0.6) is 0 Å². The maximum Gasteiger partial charge on any atom is 0.341 e. The molecule has 0 aliphatic carbocycles. The molecule has 0 aromatic heterocycles. The zero-order valence-electron chi connectivity index (χ0n) is 10.5. The van der Waals surface area contributed by atoms with Gasteiger partial charge in [0.1, 0.15) is 5.60 Å². The number of hydrogen-bond donors (Lipinski definition) is 3. The van der Waals surface area contributed by atoms with Crippen molar-refractivity contribution in [2.24, 2.45) is 5.84 Å². The number of benzene rings is 1. The maximum atomic E-state index is 12.0. The van der Waals surface area contributed by atoms with Gasteiger partial charge in [0, 0.05) is 0 Å². The zero-order valence-corrected chi connectivity index (χ0v) is 10.5. The number of hydrogen-bond acceptors (Lipinski definition) is 5. The molecule has 6 nitrogen and oxygen atoms in total. The first-order valence-corrected chi connectivity index (χ1v) is 5.32. The molecule has 0 fully saturated rings. The van der Waals surface area contributed by atoms with Crippen molar-refractivity contribution in [3.8, 4) is 0 Å². The lowest BCUT2D eigenvalue weighted by molar-refractivity contribution is 0.00670. The summed E-state index contributed by atoms with van der Waals surface area (Å²) in [5.41, 5.74) is 1.56. The lowest BCUT2D eigenvalue weighted by Gasteiger charge is -2.21. The van der Waals surface area contributed by atoms with Crippen LogP contribution < -0.4 is 11.3 Å². The summed E-state index contributed by atoms with van der Waals surface area (Å²) in [5.74, 6) is 3.33. The van der Waals surface area contributed by atoms with Crippen LogP contribution in [0.4, 0.5) is 5.69 Å². The van der Waals surface area contributed by atoms with Crippen LogP contribution in [-0.2, 0) is 4.74 Å². The topological polar surface area (TPSA) is 102 Å². The first-order chi connectivity index (χ1) is 8.26. The van der Waals surface area contributed by atoms with Gasteiger partial charge < -0.3 is 15.3 Å². The first-order valence-electron chi connectivity index (χ1n) is 5.32. The lowest BCUT2D eigenvalue weighted by Crippen LogP contribution is -2.26. The molecular weight excluding hydrogens is 236 g/mol. The van der Waals surface area contributed by atoms with E-state index in [0.717, 1.165) is 0 Å². The average molecular weight is 252 g/mol. The number of aromatic carboxylic acids is 1. The summed E-state index contributed by atoms with van der Waals surface area (Å²) in [5, 5.41) is 9.06. The molecule has 0 spiro atoms. The molecule has 98 valence electrons. The summed E-state index contributed by atoms with van der Waals surface area (Å²) in [6.07, 6.45) is 0. The van der Waals surface area contributed by atoms with Gasteiger partial charge in [0.2, 0.25) is 0 Å². The van der Waals surface area contributed by atoms with E-state index in [1.54, 1.807) is 20.8 Å². The van der Waals surface area contributed by atoms with Crippen molar-refractivity contribution in [3.05, 3.63) is 29.3 Å². The summed E-state index contributed by atoms with van der Waals surface area (Å²) >= 11 is 0. The van der Waals surface area contributed by atoms with Gasteiger partial charge >= 0.3 is 11.9 Å². The lowest BCUT2D eigenvalue weighted by atomic mass is 10.0. The number of esters is 1. The van der Waals surface area contributed by atoms with Crippen LogP contribution in [0.2, 0.25) is 0 Å². The third-order valence-electron chi connectivity index (χ3n) is 2.05. The molecule has 6 heteroatoms. The SMILES string of the molecule is CC(C)(C)OC(=O)c1c(NN)cccc1C(=O)O. The zero-order chi connectivity index (χ0) is 13.9. The molecule has 1 aromatic rings. The van der Waals surface area contributed by atoms with E-state index in [1.807, 2.05) is 0 Å². The number of carboxylic acids is 1. The number of rotatable bonds is 3. The second kappa shape index (κ2) is 5.05. The van der Waals surface area contributed by atoms with Gasteiger partial charge in [-0.3, -0.25) is 5.84 Å². The summed E-state index contributed by atoms with van der Waals surface area (Å²) in [7, 11) is 0. The van der Waals surface area contributed by atoms with Crippen molar-refractivity contribution >= 4 is 17.6 Å². The van der Waals surface area contributed by atoms with Crippen molar-refractivity contribution in [1.82, 2.24) is 0 Å². The monoisotopic (exact) mass is 252 g/mol. The predicted molar refractivity (Wildman–Crippen MR) is 66.4 cm³/mol. The Kier molecular flexibility index (Phi) is 3.93. The highest BCUT2D eigenvalue weighted by Crippen LogP contribution is 2.23. The van der Waals surface area contributed by atoms with E-state index in [4.69, 9.17) is 15.7 Å². The smallest absolute Gasteiger partial charge is 0.341 e. The van der Waals surface area contributed by atoms with E-state index in [9.17, 15) is 9.59 Å². The van der Waals surface area contributed by atoms with Crippen molar-refractivity contribution < 1.29 is 19.4 Å². The minimum atomic E-state index is -1.21. The Morgan fingerprint density at radius 1 is 1.33 bits per heavy atom. The molecule has 0 radical (unpaired) electrons. The van der Waals surface area contributed by atoms with Gasteiger partial charge in [0.05, 0.1) is 16.8 Å². The molecule has 0 aliphatic heterocycles. The number of carbonyl (C=O) groups excluding carboxylic acids is 1. The van der Waals surface area contributed by atoms with E-state index < -0.39 is 17.5 Å². The molecular formula is C12H16N2O4. The van der Waals surface area contributed by atoms with Gasteiger partial charge in [-0.1, -0.05) is 6.07 Å². The number of ether oxygens (including phenoxy) is 1. The Morgan fingerprint density at radius 3 is 2.39 bits per heavy atom. The maximum absolute atomic E-state index is 12.0. The molecule has 1 aromatic carbocycles. The van der Waals surface area contributed by atoms with Crippen LogP contribution in [0.3, 0.4) is 0 Å². The van der Waals surface area contributed by atoms with Gasteiger partial charge in [-0.15, -0.1) is 0 Å². The van der Waals surface area contributed by atoms with Crippen molar-refractivity contribution in [2.45, 2.75) is 26.4 Å². The highest BCUT2D eigenvalue weighted by atomic mass is 16.6. The Hall–Kier alpha value is -2.08. The Balaban J connectivity index is 3.28.